The number of methoxy groups -OCH3 is 1. The van der Waals surface area contributed by atoms with Crippen LogP contribution < -0.4 is 20.1 Å². The third-order valence-electron chi connectivity index (χ3n) is 2.82. The Morgan fingerprint density at radius 3 is 2.52 bits per heavy atom. The molecule has 0 aliphatic heterocycles. The van der Waals surface area contributed by atoms with Gasteiger partial charge in [-0.1, -0.05) is 6.92 Å². The van der Waals surface area contributed by atoms with Crippen LogP contribution in [0.15, 0.2) is 18.2 Å². The van der Waals surface area contributed by atoms with E-state index in [-0.39, 0.29) is 17.4 Å². The van der Waals surface area contributed by atoms with Gasteiger partial charge < -0.3 is 20.1 Å². The largest absolute Gasteiger partial charge is 0.493 e. The second-order valence-electron chi connectivity index (χ2n) is 4.85. The van der Waals surface area contributed by atoms with Crippen LogP contribution in [-0.4, -0.2) is 31.7 Å². The summed E-state index contributed by atoms with van der Waals surface area (Å²) in [7, 11) is 1.35. The van der Waals surface area contributed by atoms with Gasteiger partial charge in [-0.15, -0.1) is 0 Å². The van der Waals surface area contributed by atoms with Crippen molar-refractivity contribution in [2.24, 2.45) is 0 Å². The number of halogens is 2. The van der Waals surface area contributed by atoms with Crippen LogP contribution in [-0.2, 0) is 4.79 Å². The molecule has 1 aromatic carbocycles. The van der Waals surface area contributed by atoms with Crippen molar-refractivity contribution in [3.8, 4) is 11.5 Å². The summed E-state index contributed by atoms with van der Waals surface area (Å²) >= 11 is 0. The molecule has 0 aliphatic carbocycles. The Morgan fingerprint density at radius 2 is 2.00 bits per heavy atom. The van der Waals surface area contributed by atoms with Gasteiger partial charge in [0.1, 0.15) is 0 Å². The molecule has 7 heteroatoms. The zero-order valence-corrected chi connectivity index (χ0v) is 12.5. The summed E-state index contributed by atoms with van der Waals surface area (Å²) in [5, 5.41) is 5.67. The van der Waals surface area contributed by atoms with E-state index in [0.717, 1.165) is 0 Å². The summed E-state index contributed by atoms with van der Waals surface area (Å²) in [5.74, 6) is -0.247. The lowest BCUT2D eigenvalue weighted by Gasteiger charge is -2.24. The number of ether oxygens (including phenoxy) is 2. The average Bonchev–Trinajstić information content (AvgIpc) is 2.38. The van der Waals surface area contributed by atoms with Crippen LogP contribution in [0.25, 0.3) is 0 Å². The minimum atomic E-state index is -2.97. The number of carbonyl (C=O) groups is 1. The number of amides is 1. The molecule has 0 fully saturated rings. The van der Waals surface area contributed by atoms with Crippen molar-refractivity contribution < 1.29 is 23.0 Å². The number of alkyl halides is 2. The van der Waals surface area contributed by atoms with Crippen molar-refractivity contribution in [3.63, 3.8) is 0 Å². The zero-order valence-electron chi connectivity index (χ0n) is 12.5. The first-order valence-corrected chi connectivity index (χ1v) is 6.49. The van der Waals surface area contributed by atoms with Gasteiger partial charge in [0.15, 0.2) is 11.5 Å². The molecule has 0 aliphatic rings. The molecular weight excluding hydrogens is 282 g/mol. The highest BCUT2D eigenvalue weighted by molar-refractivity contribution is 5.97. The number of hydrogen-bond acceptors (Lipinski definition) is 4. The molecule has 2 N–H and O–H groups in total. The fourth-order valence-corrected chi connectivity index (χ4v) is 1.75. The third-order valence-corrected chi connectivity index (χ3v) is 2.82. The van der Waals surface area contributed by atoms with Crippen LogP contribution in [0, 0.1) is 0 Å². The maximum Gasteiger partial charge on any atom is 0.387 e. The second-order valence-corrected chi connectivity index (χ2v) is 4.85. The maximum absolute atomic E-state index is 12.3. The molecule has 0 bridgehead atoms. The number of anilines is 1. The summed E-state index contributed by atoms with van der Waals surface area (Å²) < 4.78 is 34.0. The van der Waals surface area contributed by atoms with Crippen molar-refractivity contribution in [1.82, 2.24) is 5.32 Å². The smallest absolute Gasteiger partial charge is 0.387 e. The minimum absolute atomic E-state index is 0.133. The topological polar surface area (TPSA) is 59.6 Å². The van der Waals surface area contributed by atoms with E-state index in [1.807, 2.05) is 6.92 Å². The lowest BCUT2D eigenvalue weighted by Crippen LogP contribution is -2.49. The minimum Gasteiger partial charge on any atom is -0.493 e. The molecule has 21 heavy (non-hydrogen) atoms. The maximum atomic E-state index is 12.3. The molecule has 0 radical (unpaired) electrons. The first-order chi connectivity index (χ1) is 9.80. The predicted octanol–water partition coefficient (Wildman–Crippen LogP) is 2.62. The first-order valence-electron chi connectivity index (χ1n) is 6.49. The van der Waals surface area contributed by atoms with Crippen LogP contribution in [0.2, 0.25) is 0 Å². The summed E-state index contributed by atoms with van der Waals surface area (Å²) in [4.78, 5) is 12.1. The van der Waals surface area contributed by atoms with Crippen molar-refractivity contribution in [1.29, 1.82) is 0 Å². The molecule has 0 heterocycles. The molecule has 0 atom stereocenters. The number of carbonyl (C=O) groups excluding carboxylic acids is 1. The van der Waals surface area contributed by atoms with Crippen molar-refractivity contribution in [2.45, 2.75) is 32.9 Å². The second kappa shape index (κ2) is 7.21. The first kappa shape index (κ1) is 17.2. The van der Waals surface area contributed by atoms with Crippen molar-refractivity contribution >= 4 is 11.6 Å². The Hall–Kier alpha value is -1.89. The Kier molecular flexibility index (Phi) is 5.90. The van der Waals surface area contributed by atoms with Crippen LogP contribution in [0.1, 0.15) is 20.8 Å². The van der Waals surface area contributed by atoms with E-state index in [1.165, 1.54) is 19.2 Å². The van der Waals surface area contributed by atoms with E-state index in [2.05, 4.69) is 15.4 Å². The normalized spacial score (nSPS) is 11.4. The summed E-state index contributed by atoms with van der Waals surface area (Å²) in [5.41, 5.74) is -0.430. The van der Waals surface area contributed by atoms with E-state index in [4.69, 9.17) is 4.74 Å². The van der Waals surface area contributed by atoms with Gasteiger partial charge in [-0.25, -0.2) is 0 Å². The Morgan fingerprint density at radius 1 is 1.33 bits per heavy atom. The number of likely N-dealkylation sites (N-methyl/N-ethyl adjacent to an activating group) is 1. The fourth-order valence-electron chi connectivity index (χ4n) is 1.75. The van der Waals surface area contributed by atoms with Crippen LogP contribution in [0.5, 0.6) is 11.5 Å². The highest BCUT2D eigenvalue weighted by atomic mass is 19.3. The molecule has 0 unspecified atom stereocenters. The predicted molar refractivity (Wildman–Crippen MR) is 76.0 cm³/mol. The van der Waals surface area contributed by atoms with Gasteiger partial charge in [-0.3, -0.25) is 4.79 Å². The number of rotatable bonds is 7. The average molecular weight is 302 g/mol. The van der Waals surface area contributed by atoms with Gasteiger partial charge in [0.2, 0.25) is 5.91 Å². The van der Waals surface area contributed by atoms with Gasteiger partial charge >= 0.3 is 6.61 Å². The molecule has 1 amide bonds. The molecule has 0 saturated carbocycles. The molecule has 0 saturated heterocycles. The highest BCUT2D eigenvalue weighted by Crippen LogP contribution is 2.31. The molecular formula is C14H20F2N2O3. The third kappa shape index (κ3) is 4.86. The SMILES string of the molecule is CCNC(C)(C)C(=O)Nc1ccc(OC)c(OC(F)F)c1. The fraction of sp³-hybridized carbons (Fsp3) is 0.500. The van der Waals surface area contributed by atoms with Crippen molar-refractivity contribution in [3.05, 3.63) is 18.2 Å². The summed E-state index contributed by atoms with van der Waals surface area (Å²) in [6.07, 6.45) is 0. The van der Waals surface area contributed by atoms with Crippen LogP contribution >= 0.6 is 0 Å². The van der Waals surface area contributed by atoms with Gasteiger partial charge in [-0.05, 0) is 32.5 Å². The monoisotopic (exact) mass is 302 g/mol. The number of benzene rings is 1. The molecule has 0 spiro atoms. The van der Waals surface area contributed by atoms with Crippen LogP contribution in [0.3, 0.4) is 0 Å². The summed E-state index contributed by atoms with van der Waals surface area (Å²) in [6, 6.07) is 4.30. The van der Waals surface area contributed by atoms with Gasteiger partial charge in [0.25, 0.3) is 0 Å². The van der Waals surface area contributed by atoms with E-state index in [9.17, 15) is 13.6 Å². The number of nitrogens with one attached hydrogen (secondary N) is 2. The van der Waals surface area contributed by atoms with Crippen molar-refractivity contribution in [2.75, 3.05) is 19.0 Å². The van der Waals surface area contributed by atoms with Gasteiger partial charge in [0, 0.05) is 11.8 Å². The standard InChI is InChI=1S/C14H20F2N2O3/c1-5-17-14(2,3)12(19)18-9-6-7-10(20-4)11(8-9)21-13(15)16/h6-8,13,17H,5H2,1-4H3,(H,18,19). The molecule has 5 nitrogen and oxygen atoms in total. The van der Waals surface area contributed by atoms with E-state index in [0.29, 0.717) is 12.2 Å². The highest BCUT2D eigenvalue weighted by Gasteiger charge is 2.26. The quantitative estimate of drug-likeness (QED) is 0.813. The van der Waals surface area contributed by atoms with Crippen LogP contribution in [0.4, 0.5) is 14.5 Å². The Bertz CT molecular complexity index is 493. The Labute approximate surface area is 122 Å². The summed E-state index contributed by atoms with van der Waals surface area (Å²) in [6.45, 7) is 3.00. The van der Waals surface area contributed by atoms with Gasteiger partial charge in [0.05, 0.1) is 12.6 Å². The molecule has 118 valence electrons. The van der Waals surface area contributed by atoms with E-state index < -0.39 is 12.2 Å². The zero-order chi connectivity index (χ0) is 16.0. The van der Waals surface area contributed by atoms with E-state index in [1.54, 1.807) is 19.9 Å². The lowest BCUT2D eigenvalue weighted by molar-refractivity contribution is -0.121. The molecule has 1 aromatic rings. The van der Waals surface area contributed by atoms with E-state index >= 15 is 0 Å². The Balaban J connectivity index is 2.91. The number of hydrogen-bond donors (Lipinski definition) is 2. The molecule has 1 rings (SSSR count). The lowest BCUT2D eigenvalue weighted by atomic mass is 10.0. The molecule has 0 aromatic heterocycles. The van der Waals surface area contributed by atoms with Gasteiger partial charge in [-0.2, -0.15) is 8.78 Å².